The van der Waals surface area contributed by atoms with Crippen molar-refractivity contribution in [3.8, 4) is 22.8 Å². The van der Waals surface area contributed by atoms with Gasteiger partial charge >= 0.3 is 5.97 Å². The minimum absolute atomic E-state index is 0.0403. The smallest absolute Gasteiger partial charge is 0.309 e. The van der Waals surface area contributed by atoms with Crippen LogP contribution in [0.2, 0.25) is 0 Å². The van der Waals surface area contributed by atoms with E-state index >= 15 is 0 Å². The Hall–Kier alpha value is -3.73. The summed E-state index contributed by atoms with van der Waals surface area (Å²) in [4.78, 5) is 16.5. The summed E-state index contributed by atoms with van der Waals surface area (Å²) in [5, 5.41) is 69.2. The highest BCUT2D eigenvalue weighted by atomic mass is 16.4. The van der Waals surface area contributed by atoms with Gasteiger partial charge in [-0.2, -0.15) is 0 Å². The first-order valence-corrected chi connectivity index (χ1v) is 21.0. The maximum Gasteiger partial charge on any atom is 0.309 e. The van der Waals surface area contributed by atoms with Crippen molar-refractivity contribution in [3.05, 3.63) is 71.7 Å². The Balaban J connectivity index is 1.21. The van der Waals surface area contributed by atoms with Crippen LogP contribution in [0.3, 0.4) is 0 Å². The normalized spacial score (nSPS) is 32.6. The number of hydrogen-bond acceptors (Lipinski definition) is 8. The number of allylic oxidation sites excluding steroid dienone is 3. The van der Waals surface area contributed by atoms with E-state index in [-0.39, 0.29) is 53.6 Å². The lowest BCUT2D eigenvalue weighted by Gasteiger charge is -2.39. The number of hydrogen-bond donors (Lipinski definition) is 9. The molecule has 10 N–H and O–H groups in total. The molecule has 10 unspecified atom stereocenters. The van der Waals surface area contributed by atoms with Crippen molar-refractivity contribution in [2.45, 2.75) is 133 Å². The number of carboxylic acid groups (broad SMARTS) is 1. The molecule has 0 bridgehead atoms. The zero-order chi connectivity index (χ0) is 39.1. The Morgan fingerprint density at radius 3 is 2.42 bits per heavy atom. The number of carboxylic acids is 1. The van der Waals surface area contributed by atoms with E-state index in [1.165, 1.54) is 25.3 Å². The summed E-state index contributed by atoms with van der Waals surface area (Å²) in [6, 6.07) is 8.44. The van der Waals surface area contributed by atoms with Crippen LogP contribution < -0.4 is 11.1 Å². The van der Waals surface area contributed by atoms with Crippen molar-refractivity contribution in [2.24, 2.45) is 41.2 Å². The number of fused-ring (bicyclic) bond motifs is 1. The molecule has 10 nitrogen and oxygen atoms in total. The second-order valence-electron chi connectivity index (χ2n) is 17.4. The Morgan fingerprint density at radius 1 is 0.927 bits per heavy atom. The van der Waals surface area contributed by atoms with Crippen LogP contribution in [0.4, 0.5) is 0 Å². The van der Waals surface area contributed by atoms with Crippen molar-refractivity contribution in [1.82, 2.24) is 10.3 Å². The topological polar surface area (TPSA) is 192 Å². The van der Waals surface area contributed by atoms with Gasteiger partial charge in [0.2, 0.25) is 0 Å². The quantitative estimate of drug-likeness (QED) is 0.0689. The van der Waals surface area contributed by atoms with Crippen LogP contribution in [0, 0.1) is 35.5 Å². The van der Waals surface area contributed by atoms with Crippen LogP contribution in [0.5, 0.6) is 11.5 Å². The highest BCUT2D eigenvalue weighted by Crippen LogP contribution is 2.54. The number of unbranched alkanes of at least 4 members (excludes halogenated alkanes) is 3. The summed E-state index contributed by atoms with van der Waals surface area (Å²) in [5.74, 6) is -1.13. The molecule has 2 heterocycles. The lowest BCUT2D eigenvalue weighted by molar-refractivity contribution is -0.150. The zero-order valence-electron chi connectivity index (χ0n) is 32.6. The van der Waals surface area contributed by atoms with Gasteiger partial charge in [-0.3, -0.25) is 4.79 Å². The fourth-order valence-electron chi connectivity index (χ4n) is 10.6. The number of aromatic nitrogens is 1. The highest BCUT2D eigenvalue weighted by molar-refractivity contribution is 5.71. The van der Waals surface area contributed by atoms with E-state index in [4.69, 9.17) is 5.73 Å². The third kappa shape index (κ3) is 10.4. The van der Waals surface area contributed by atoms with Crippen LogP contribution in [0.1, 0.15) is 121 Å². The molecule has 55 heavy (non-hydrogen) atoms. The van der Waals surface area contributed by atoms with Crippen LogP contribution in [-0.4, -0.2) is 65.9 Å². The summed E-state index contributed by atoms with van der Waals surface area (Å²) >= 11 is 0. The maximum atomic E-state index is 12.9. The first kappa shape index (κ1) is 40.9. The van der Waals surface area contributed by atoms with Crippen LogP contribution in [0.25, 0.3) is 11.3 Å². The van der Waals surface area contributed by atoms with E-state index in [0.29, 0.717) is 56.0 Å². The molecule has 3 aliphatic carbocycles. The maximum absolute atomic E-state index is 12.9. The Labute approximate surface area is 326 Å². The van der Waals surface area contributed by atoms with Crippen LogP contribution in [-0.2, 0) is 4.79 Å². The number of aliphatic carboxylic acids is 1. The largest absolute Gasteiger partial charge is 0.508 e. The molecule has 0 amide bonds. The van der Waals surface area contributed by atoms with E-state index in [1.54, 1.807) is 12.1 Å². The number of nitrogens with one attached hydrogen (secondary N) is 2. The van der Waals surface area contributed by atoms with Gasteiger partial charge in [-0.1, -0.05) is 57.3 Å². The summed E-state index contributed by atoms with van der Waals surface area (Å²) in [6.07, 6.45) is 19.8. The molecule has 1 aromatic carbocycles. The summed E-state index contributed by atoms with van der Waals surface area (Å²) in [6.45, 7) is 2.87. The monoisotopic (exact) mass is 759 g/mol. The van der Waals surface area contributed by atoms with Crippen molar-refractivity contribution < 1.29 is 35.4 Å². The van der Waals surface area contributed by atoms with Gasteiger partial charge < -0.3 is 46.7 Å². The van der Waals surface area contributed by atoms with E-state index in [1.807, 2.05) is 18.2 Å². The van der Waals surface area contributed by atoms with E-state index in [2.05, 4.69) is 35.5 Å². The summed E-state index contributed by atoms with van der Waals surface area (Å²) in [5.41, 5.74) is 8.45. The average molecular weight is 760 g/mol. The molecule has 1 aromatic heterocycles. The van der Waals surface area contributed by atoms with Gasteiger partial charge in [0.05, 0.1) is 29.5 Å². The third-order valence-corrected chi connectivity index (χ3v) is 13.4. The minimum Gasteiger partial charge on any atom is -0.508 e. The Kier molecular flexibility index (Phi) is 13.7. The number of carbonyl (C=O) groups is 1. The van der Waals surface area contributed by atoms with E-state index in [9.17, 15) is 35.4 Å². The third-order valence-electron chi connectivity index (χ3n) is 13.4. The van der Waals surface area contributed by atoms with Gasteiger partial charge in [0.25, 0.3) is 0 Å². The van der Waals surface area contributed by atoms with Crippen LogP contribution >= 0.6 is 0 Å². The zero-order valence-corrected chi connectivity index (χ0v) is 32.6. The number of aliphatic hydroxyl groups is 3. The molecule has 2 fully saturated rings. The predicted molar refractivity (Wildman–Crippen MR) is 215 cm³/mol. The summed E-state index contributed by atoms with van der Waals surface area (Å²) < 4.78 is 0. The second-order valence-corrected chi connectivity index (χ2v) is 17.4. The highest BCUT2D eigenvalue weighted by Gasteiger charge is 2.51. The van der Waals surface area contributed by atoms with Gasteiger partial charge in [-0.25, -0.2) is 0 Å². The molecular formula is C45H65N3O7. The number of dihydropyridines is 1. The standard InChI is InChI=1S/C45H65N3O7/c1-2-3-4-7-28-10-11-31(41(52)22-28)8-5-6-9-32-12-13-36(39-15-14-38(48-39)33-24-34(49)26-35(50)25-33)37-21-30(20-29-17-19-47-42(46)23-29)27-45(37,55)18-16-40(51)43(32)44(53)54/h10-11,14-15,17,23-26,28,30-32,36-37,40-41,43,47-52,55H,2-9,12-13,16,18-22,27,46H2,1H3,(H,53,54). The number of benzene rings is 1. The van der Waals surface area contributed by atoms with Crippen molar-refractivity contribution in [1.29, 1.82) is 0 Å². The molecular weight excluding hydrogens is 695 g/mol. The number of nitrogens with two attached hydrogens (primary N) is 1. The number of aromatic amines is 1. The molecule has 6 rings (SSSR count). The summed E-state index contributed by atoms with van der Waals surface area (Å²) in [7, 11) is 0. The fourth-order valence-corrected chi connectivity index (χ4v) is 10.6. The number of rotatable bonds is 14. The Bertz CT molecular complexity index is 1660. The lowest BCUT2D eigenvalue weighted by atomic mass is 9.69. The number of aromatic hydroxyl groups is 2. The van der Waals surface area contributed by atoms with E-state index in [0.717, 1.165) is 61.9 Å². The molecule has 0 spiro atoms. The second kappa shape index (κ2) is 18.5. The molecule has 302 valence electrons. The fraction of sp³-hybridized carbons (Fsp3) is 0.622. The van der Waals surface area contributed by atoms with E-state index < -0.39 is 23.6 Å². The number of phenolic OH excluding ortho intramolecular Hbond substituents is 2. The van der Waals surface area contributed by atoms with Gasteiger partial charge in [0.15, 0.2) is 0 Å². The Morgan fingerprint density at radius 2 is 1.69 bits per heavy atom. The average Bonchev–Trinajstić information content (AvgIpc) is 3.74. The number of H-pyrrole nitrogens is 1. The molecule has 1 aliphatic heterocycles. The molecule has 0 radical (unpaired) electrons. The SMILES string of the molecule is CCCCCC1C=CC(CCCCC2CCC(c3ccc(-c4cc(O)cc(O)c4)[nH]3)C3CC(CC4=CCNC(N)=C4)CC3(O)CCC(O)C2C(=O)O)C(O)C1. The molecule has 4 aliphatic rings. The molecule has 2 aromatic rings. The number of aliphatic hydroxyl groups excluding tert-OH is 2. The van der Waals surface area contributed by atoms with Crippen molar-refractivity contribution in [3.63, 3.8) is 0 Å². The van der Waals surface area contributed by atoms with Crippen molar-refractivity contribution in [2.75, 3.05) is 6.54 Å². The van der Waals surface area contributed by atoms with Crippen LogP contribution in [0.15, 0.2) is 66.0 Å². The van der Waals surface area contributed by atoms with Gasteiger partial charge in [0, 0.05) is 41.4 Å². The van der Waals surface area contributed by atoms with Gasteiger partial charge in [-0.15, -0.1) is 0 Å². The molecule has 2 saturated carbocycles. The van der Waals surface area contributed by atoms with Crippen molar-refractivity contribution >= 4 is 5.97 Å². The predicted octanol–water partition coefficient (Wildman–Crippen LogP) is 7.60. The minimum atomic E-state index is -1.10. The first-order valence-electron chi connectivity index (χ1n) is 21.0. The molecule has 10 heteroatoms. The lowest BCUT2D eigenvalue weighted by Crippen LogP contribution is -2.42. The molecule has 10 atom stereocenters. The number of phenols is 2. The molecule has 0 saturated heterocycles. The van der Waals surface area contributed by atoms with Gasteiger partial charge in [0.1, 0.15) is 11.5 Å². The first-order chi connectivity index (χ1) is 26.4. The van der Waals surface area contributed by atoms with Gasteiger partial charge in [-0.05, 0) is 130 Å².